The quantitative estimate of drug-likeness (QED) is 0.663. The third-order valence-corrected chi connectivity index (χ3v) is 4.75. The van der Waals surface area contributed by atoms with Gasteiger partial charge in [-0.05, 0) is 30.7 Å². The number of rotatable bonds is 5. The molecule has 0 aliphatic rings. The van der Waals surface area contributed by atoms with Crippen LogP contribution < -0.4 is 10.6 Å². The summed E-state index contributed by atoms with van der Waals surface area (Å²) >= 11 is 3.40. The van der Waals surface area contributed by atoms with Crippen LogP contribution in [0, 0.1) is 6.92 Å². The van der Waals surface area contributed by atoms with Gasteiger partial charge in [0.15, 0.2) is 0 Å². The molecule has 0 aliphatic carbocycles. The molecule has 0 unspecified atom stereocenters. The molecular weight excluding hydrogens is 394 g/mol. The van der Waals surface area contributed by atoms with Crippen molar-refractivity contribution < 1.29 is 9.59 Å². The number of halogens is 1. The maximum absolute atomic E-state index is 12.4. The molecule has 2 N–H and O–H groups in total. The summed E-state index contributed by atoms with van der Waals surface area (Å²) < 4.78 is 2.83. The molecule has 0 saturated carbocycles. The van der Waals surface area contributed by atoms with Crippen molar-refractivity contribution in [2.75, 3.05) is 11.9 Å². The Hall–Kier alpha value is -2.60. The zero-order chi connectivity index (χ0) is 18.7. The van der Waals surface area contributed by atoms with Crippen LogP contribution >= 0.6 is 15.9 Å². The van der Waals surface area contributed by atoms with Gasteiger partial charge in [-0.2, -0.15) is 0 Å². The number of amides is 2. The summed E-state index contributed by atoms with van der Waals surface area (Å²) in [7, 11) is 1.91. The Morgan fingerprint density at radius 3 is 2.73 bits per heavy atom. The molecule has 0 bridgehead atoms. The fourth-order valence-electron chi connectivity index (χ4n) is 2.85. The van der Waals surface area contributed by atoms with Crippen molar-refractivity contribution >= 4 is 44.3 Å². The molecule has 3 aromatic rings. The lowest BCUT2D eigenvalue weighted by Crippen LogP contribution is -2.27. The second-order valence-electron chi connectivity index (χ2n) is 6.18. The predicted molar refractivity (Wildman–Crippen MR) is 107 cm³/mol. The fraction of sp³-hybridized carbons (Fsp3) is 0.200. The van der Waals surface area contributed by atoms with Crippen LogP contribution in [0.2, 0.25) is 0 Å². The van der Waals surface area contributed by atoms with Crippen molar-refractivity contribution in [3.63, 3.8) is 0 Å². The van der Waals surface area contributed by atoms with Gasteiger partial charge in [0.1, 0.15) is 0 Å². The molecule has 0 saturated heterocycles. The van der Waals surface area contributed by atoms with Crippen molar-refractivity contribution in [2.24, 2.45) is 7.05 Å². The number of fused-ring (bicyclic) bond motifs is 1. The Labute approximate surface area is 160 Å². The molecule has 2 aromatic carbocycles. The molecule has 5 nitrogen and oxygen atoms in total. The van der Waals surface area contributed by atoms with E-state index in [4.69, 9.17) is 0 Å². The van der Waals surface area contributed by atoms with Crippen LogP contribution in [0.1, 0.15) is 22.3 Å². The highest BCUT2D eigenvalue weighted by Crippen LogP contribution is 2.21. The number of carbonyl (C=O) groups is 2. The molecule has 134 valence electrons. The molecule has 0 spiro atoms. The first-order chi connectivity index (χ1) is 12.5. The Balaban J connectivity index is 1.58. The third-order valence-electron chi connectivity index (χ3n) is 4.25. The first-order valence-corrected chi connectivity index (χ1v) is 9.13. The first-order valence-electron chi connectivity index (χ1n) is 8.34. The number of aryl methyl sites for hydroxylation is 2. The van der Waals surface area contributed by atoms with Crippen LogP contribution in [0.3, 0.4) is 0 Å². The minimum atomic E-state index is -0.173. The van der Waals surface area contributed by atoms with E-state index in [2.05, 4.69) is 26.6 Å². The van der Waals surface area contributed by atoms with Crippen molar-refractivity contribution in [3.8, 4) is 0 Å². The predicted octanol–water partition coefficient (Wildman–Crippen LogP) is 4.01. The molecule has 6 heteroatoms. The smallest absolute Gasteiger partial charge is 0.253 e. The standard InChI is InChI=1S/C20H20BrN3O2/c1-13-7-8-14(21)11-17(13)23-19(25)9-10-22-20(26)16-12-24(2)18-6-4-3-5-15(16)18/h3-8,11-12H,9-10H2,1-2H3,(H,22,26)(H,23,25). The number of nitrogens with one attached hydrogen (secondary N) is 2. The van der Waals surface area contributed by atoms with Gasteiger partial charge in [-0.1, -0.05) is 40.2 Å². The van der Waals surface area contributed by atoms with Gasteiger partial charge in [0.05, 0.1) is 5.56 Å². The summed E-state index contributed by atoms with van der Waals surface area (Å²) in [4.78, 5) is 24.6. The highest BCUT2D eigenvalue weighted by atomic mass is 79.9. The highest BCUT2D eigenvalue weighted by molar-refractivity contribution is 9.10. The van der Waals surface area contributed by atoms with Crippen LogP contribution in [0.25, 0.3) is 10.9 Å². The molecule has 1 heterocycles. The number of benzene rings is 2. The molecule has 1 aromatic heterocycles. The van der Waals surface area contributed by atoms with Crippen molar-refractivity contribution in [1.29, 1.82) is 0 Å². The van der Waals surface area contributed by atoms with E-state index in [0.29, 0.717) is 5.56 Å². The van der Waals surface area contributed by atoms with Gasteiger partial charge in [-0.15, -0.1) is 0 Å². The SMILES string of the molecule is Cc1ccc(Br)cc1NC(=O)CCNC(=O)c1cn(C)c2ccccc12. The number of hydrogen-bond donors (Lipinski definition) is 2. The molecule has 0 atom stereocenters. The summed E-state index contributed by atoms with van der Waals surface area (Å²) in [6, 6.07) is 13.5. The van der Waals surface area contributed by atoms with Crippen LogP contribution in [-0.2, 0) is 11.8 Å². The lowest BCUT2D eigenvalue weighted by Gasteiger charge is -2.09. The van der Waals surface area contributed by atoms with Gasteiger partial charge in [0.2, 0.25) is 5.91 Å². The minimum absolute atomic E-state index is 0.135. The number of hydrogen-bond acceptors (Lipinski definition) is 2. The second-order valence-corrected chi connectivity index (χ2v) is 7.10. The average molecular weight is 414 g/mol. The summed E-state index contributed by atoms with van der Waals surface area (Å²) in [6.07, 6.45) is 2.02. The highest BCUT2D eigenvalue weighted by Gasteiger charge is 2.13. The van der Waals surface area contributed by atoms with Crippen molar-refractivity contribution in [1.82, 2.24) is 9.88 Å². The molecule has 0 radical (unpaired) electrons. The first kappa shape index (κ1) is 18.2. The topological polar surface area (TPSA) is 63.1 Å². The van der Waals surface area contributed by atoms with Gasteiger partial charge >= 0.3 is 0 Å². The van der Waals surface area contributed by atoms with E-state index in [9.17, 15) is 9.59 Å². The molecular formula is C20H20BrN3O2. The van der Waals surface area contributed by atoms with Gasteiger partial charge in [0.25, 0.3) is 5.91 Å². The number of carbonyl (C=O) groups excluding carboxylic acids is 2. The number of nitrogens with zero attached hydrogens (tertiary/aromatic N) is 1. The number of aromatic nitrogens is 1. The summed E-state index contributed by atoms with van der Waals surface area (Å²) in [5.74, 6) is -0.308. The maximum Gasteiger partial charge on any atom is 0.253 e. The summed E-state index contributed by atoms with van der Waals surface area (Å²) in [5.41, 5.74) is 3.37. The Kier molecular flexibility index (Phi) is 5.42. The molecule has 2 amide bonds. The van der Waals surface area contributed by atoms with E-state index in [-0.39, 0.29) is 24.8 Å². The Morgan fingerprint density at radius 1 is 1.15 bits per heavy atom. The van der Waals surface area contributed by atoms with Gasteiger partial charge in [-0.3, -0.25) is 9.59 Å². The van der Waals surface area contributed by atoms with Crippen molar-refractivity contribution in [3.05, 3.63) is 64.3 Å². The zero-order valence-corrected chi connectivity index (χ0v) is 16.3. The normalized spacial score (nSPS) is 10.7. The van der Waals surface area contributed by atoms with Gasteiger partial charge in [0, 0.05) is 47.3 Å². The van der Waals surface area contributed by atoms with E-state index in [0.717, 1.165) is 26.6 Å². The van der Waals surface area contributed by atoms with Crippen molar-refractivity contribution in [2.45, 2.75) is 13.3 Å². The summed E-state index contributed by atoms with van der Waals surface area (Å²) in [6.45, 7) is 2.21. The van der Waals surface area contributed by atoms with E-state index in [1.807, 2.05) is 67.2 Å². The van der Waals surface area contributed by atoms with Crippen LogP contribution in [0.5, 0.6) is 0 Å². The van der Waals surface area contributed by atoms with E-state index >= 15 is 0 Å². The summed E-state index contributed by atoms with van der Waals surface area (Å²) in [5, 5.41) is 6.60. The van der Waals surface area contributed by atoms with Crippen LogP contribution in [-0.4, -0.2) is 22.9 Å². The largest absolute Gasteiger partial charge is 0.351 e. The van der Waals surface area contributed by atoms with Crippen LogP contribution in [0.4, 0.5) is 5.69 Å². The zero-order valence-electron chi connectivity index (χ0n) is 14.7. The Bertz CT molecular complexity index is 978. The minimum Gasteiger partial charge on any atom is -0.351 e. The third kappa shape index (κ3) is 3.96. The maximum atomic E-state index is 12.4. The monoisotopic (exact) mass is 413 g/mol. The molecule has 0 aliphatic heterocycles. The van der Waals surface area contributed by atoms with E-state index < -0.39 is 0 Å². The average Bonchev–Trinajstić information content (AvgIpc) is 2.95. The second kappa shape index (κ2) is 7.74. The van der Waals surface area contributed by atoms with Gasteiger partial charge < -0.3 is 15.2 Å². The lowest BCUT2D eigenvalue weighted by molar-refractivity contribution is -0.116. The van der Waals surface area contributed by atoms with Crippen LogP contribution in [0.15, 0.2) is 53.1 Å². The molecule has 0 fully saturated rings. The lowest BCUT2D eigenvalue weighted by atomic mass is 10.1. The number of para-hydroxylation sites is 1. The van der Waals surface area contributed by atoms with Gasteiger partial charge in [-0.25, -0.2) is 0 Å². The number of anilines is 1. The fourth-order valence-corrected chi connectivity index (χ4v) is 3.21. The molecule has 3 rings (SSSR count). The Morgan fingerprint density at radius 2 is 1.92 bits per heavy atom. The molecule has 26 heavy (non-hydrogen) atoms. The van der Waals surface area contributed by atoms with E-state index in [1.165, 1.54) is 0 Å². The van der Waals surface area contributed by atoms with E-state index in [1.54, 1.807) is 0 Å².